The van der Waals surface area contributed by atoms with Crippen LogP contribution in [0, 0.1) is 0 Å². The van der Waals surface area contributed by atoms with Crippen LogP contribution >= 0.6 is 0 Å². The molecule has 0 aliphatic carbocycles. The molecule has 0 saturated heterocycles. The third-order valence-corrected chi connectivity index (χ3v) is 3.95. The number of nitrogens with zero attached hydrogens (tertiary/aromatic N) is 2. The van der Waals surface area contributed by atoms with Crippen LogP contribution in [0.1, 0.15) is 31.4 Å². The molecule has 1 aromatic rings. The van der Waals surface area contributed by atoms with Gasteiger partial charge in [-0.2, -0.15) is 0 Å². The van der Waals surface area contributed by atoms with E-state index in [9.17, 15) is 4.79 Å². The third kappa shape index (κ3) is 3.51. The summed E-state index contributed by atoms with van der Waals surface area (Å²) < 4.78 is 0. The highest BCUT2D eigenvalue weighted by molar-refractivity contribution is 5.69. The molecule has 0 bridgehead atoms. The molecule has 1 heterocycles. The lowest BCUT2D eigenvalue weighted by atomic mass is 9.99. The predicted molar refractivity (Wildman–Crippen MR) is 81.2 cm³/mol. The lowest BCUT2D eigenvalue weighted by molar-refractivity contribution is -0.138. The van der Waals surface area contributed by atoms with Gasteiger partial charge in [0.15, 0.2) is 0 Å². The first kappa shape index (κ1) is 14.9. The molecule has 0 spiro atoms. The Bertz CT molecular complexity index is 485. The van der Waals surface area contributed by atoms with E-state index in [1.54, 1.807) is 0 Å². The topological polar surface area (TPSA) is 43.8 Å². The fourth-order valence-corrected chi connectivity index (χ4v) is 2.77. The molecule has 1 aliphatic rings. The van der Waals surface area contributed by atoms with Gasteiger partial charge in [-0.1, -0.05) is 12.1 Å². The molecule has 1 N–H and O–H groups in total. The van der Waals surface area contributed by atoms with Gasteiger partial charge in [0.05, 0.1) is 6.54 Å². The average Bonchev–Trinajstić information content (AvgIpc) is 2.37. The summed E-state index contributed by atoms with van der Waals surface area (Å²) in [7, 11) is 2.13. The molecule has 0 radical (unpaired) electrons. The molecule has 0 unspecified atom stereocenters. The maximum absolute atomic E-state index is 10.9. The highest BCUT2D eigenvalue weighted by Crippen LogP contribution is 2.27. The van der Waals surface area contributed by atoms with E-state index in [0.29, 0.717) is 6.54 Å². The minimum atomic E-state index is -0.767. The highest BCUT2D eigenvalue weighted by Gasteiger charge is 2.17. The van der Waals surface area contributed by atoms with E-state index < -0.39 is 5.97 Å². The van der Waals surface area contributed by atoms with Gasteiger partial charge in [0.1, 0.15) is 0 Å². The second kappa shape index (κ2) is 6.27. The quantitative estimate of drug-likeness (QED) is 0.896. The van der Waals surface area contributed by atoms with E-state index >= 15 is 0 Å². The smallest absolute Gasteiger partial charge is 0.317 e. The number of aliphatic carboxylic acids is 1. The first-order valence-electron chi connectivity index (χ1n) is 7.26. The maximum Gasteiger partial charge on any atom is 0.317 e. The minimum absolute atomic E-state index is 0.0919. The first-order chi connectivity index (χ1) is 9.47. The summed E-state index contributed by atoms with van der Waals surface area (Å²) in [5, 5.41) is 8.99. The van der Waals surface area contributed by atoms with Crippen molar-refractivity contribution in [1.29, 1.82) is 0 Å². The fraction of sp³-hybridized carbons (Fsp3) is 0.562. The Morgan fingerprint density at radius 3 is 2.85 bits per heavy atom. The van der Waals surface area contributed by atoms with Gasteiger partial charge in [0.25, 0.3) is 0 Å². The number of aryl methyl sites for hydroxylation is 1. The summed E-state index contributed by atoms with van der Waals surface area (Å²) in [6.07, 6.45) is 2.31. The fourth-order valence-electron chi connectivity index (χ4n) is 2.77. The van der Waals surface area contributed by atoms with Gasteiger partial charge < -0.3 is 10.0 Å². The van der Waals surface area contributed by atoms with Crippen molar-refractivity contribution < 1.29 is 9.90 Å². The van der Waals surface area contributed by atoms with Gasteiger partial charge in [-0.15, -0.1) is 0 Å². The summed E-state index contributed by atoms with van der Waals surface area (Å²) in [5.41, 5.74) is 3.90. The molecule has 0 amide bonds. The van der Waals surface area contributed by atoms with E-state index in [2.05, 4.69) is 30.1 Å². The van der Waals surface area contributed by atoms with E-state index in [4.69, 9.17) is 5.11 Å². The van der Waals surface area contributed by atoms with E-state index in [0.717, 1.165) is 13.0 Å². The van der Waals surface area contributed by atoms with Gasteiger partial charge in [0, 0.05) is 31.9 Å². The molecule has 0 saturated carbocycles. The van der Waals surface area contributed by atoms with Crippen LogP contribution in [0.15, 0.2) is 18.2 Å². The summed E-state index contributed by atoms with van der Waals surface area (Å²) in [4.78, 5) is 15.2. The second-order valence-electron chi connectivity index (χ2n) is 5.88. The minimum Gasteiger partial charge on any atom is -0.480 e. The van der Waals surface area contributed by atoms with Crippen LogP contribution in [-0.2, 0) is 17.8 Å². The molecule has 20 heavy (non-hydrogen) atoms. The van der Waals surface area contributed by atoms with Crippen molar-refractivity contribution in [3.05, 3.63) is 29.3 Å². The lowest BCUT2D eigenvalue weighted by Gasteiger charge is -2.29. The zero-order chi connectivity index (χ0) is 14.7. The van der Waals surface area contributed by atoms with E-state index in [1.165, 1.54) is 23.2 Å². The Balaban J connectivity index is 2.14. The van der Waals surface area contributed by atoms with Gasteiger partial charge in [-0.25, -0.2) is 0 Å². The van der Waals surface area contributed by atoms with Crippen molar-refractivity contribution in [2.75, 3.05) is 25.0 Å². The Kier molecular flexibility index (Phi) is 4.65. The largest absolute Gasteiger partial charge is 0.480 e. The van der Waals surface area contributed by atoms with Crippen molar-refractivity contribution in [1.82, 2.24) is 4.90 Å². The number of carbonyl (C=O) groups is 1. The summed E-state index contributed by atoms with van der Waals surface area (Å²) in [5.74, 6) is -0.767. The number of fused-ring (bicyclic) bond motifs is 1. The monoisotopic (exact) mass is 276 g/mol. The van der Waals surface area contributed by atoms with Crippen molar-refractivity contribution >= 4 is 11.7 Å². The molecule has 4 heteroatoms. The van der Waals surface area contributed by atoms with Gasteiger partial charge in [0.2, 0.25) is 0 Å². The zero-order valence-corrected chi connectivity index (χ0v) is 12.6. The third-order valence-electron chi connectivity index (χ3n) is 3.95. The van der Waals surface area contributed by atoms with Gasteiger partial charge >= 0.3 is 5.97 Å². The lowest BCUT2D eigenvalue weighted by Crippen LogP contribution is -2.35. The molecule has 1 aliphatic heterocycles. The molecule has 110 valence electrons. The summed E-state index contributed by atoms with van der Waals surface area (Å²) >= 11 is 0. The molecule has 0 atom stereocenters. The van der Waals surface area contributed by atoms with Crippen molar-refractivity contribution in [2.45, 2.75) is 39.3 Å². The number of carboxylic acid groups (broad SMARTS) is 1. The Labute approximate surface area is 121 Å². The average molecular weight is 276 g/mol. The van der Waals surface area contributed by atoms with Gasteiger partial charge in [-0.3, -0.25) is 9.69 Å². The van der Waals surface area contributed by atoms with Crippen molar-refractivity contribution in [3.63, 3.8) is 0 Å². The van der Waals surface area contributed by atoms with Crippen LogP contribution in [0.2, 0.25) is 0 Å². The molecular weight excluding hydrogens is 252 g/mol. The predicted octanol–water partition coefficient (Wildman–Crippen LogP) is 2.36. The molecule has 0 fully saturated rings. The Morgan fingerprint density at radius 1 is 1.45 bits per heavy atom. The highest BCUT2D eigenvalue weighted by atomic mass is 16.4. The van der Waals surface area contributed by atoms with E-state index in [1.807, 2.05) is 18.7 Å². The number of rotatable bonds is 5. The zero-order valence-electron chi connectivity index (χ0n) is 12.6. The molecule has 1 aromatic carbocycles. The molecule has 0 aromatic heterocycles. The van der Waals surface area contributed by atoms with Crippen LogP contribution in [-0.4, -0.2) is 42.2 Å². The summed E-state index contributed by atoms with van der Waals surface area (Å²) in [6.45, 7) is 5.98. The number of hydrogen-bond donors (Lipinski definition) is 1. The van der Waals surface area contributed by atoms with Crippen molar-refractivity contribution in [2.24, 2.45) is 0 Å². The number of carboxylic acids is 1. The maximum atomic E-state index is 10.9. The summed E-state index contributed by atoms with van der Waals surface area (Å²) in [6, 6.07) is 6.76. The molecule has 4 nitrogen and oxygen atoms in total. The molecular formula is C16H24N2O2. The normalized spacial score (nSPS) is 14.8. The van der Waals surface area contributed by atoms with Crippen LogP contribution in [0.3, 0.4) is 0 Å². The van der Waals surface area contributed by atoms with Crippen LogP contribution in [0.25, 0.3) is 0 Å². The Hall–Kier alpha value is -1.55. The van der Waals surface area contributed by atoms with E-state index in [-0.39, 0.29) is 12.6 Å². The number of anilines is 1. The van der Waals surface area contributed by atoms with Crippen LogP contribution in [0.4, 0.5) is 5.69 Å². The van der Waals surface area contributed by atoms with Crippen molar-refractivity contribution in [3.8, 4) is 0 Å². The SMILES string of the molecule is CC(C)N(CC(=O)O)Cc1ccc2c(c1)CCCN2C. The van der Waals surface area contributed by atoms with Crippen LogP contribution in [0.5, 0.6) is 0 Å². The van der Waals surface area contributed by atoms with Gasteiger partial charge in [-0.05, 0) is 43.9 Å². The second-order valence-corrected chi connectivity index (χ2v) is 5.88. The number of hydrogen-bond acceptors (Lipinski definition) is 3. The van der Waals surface area contributed by atoms with Crippen LogP contribution < -0.4 is 4.90 Å². The molecule has 2 rings (SSSR count). The first-order valence-corrected chi connectivity index (χ1v) is 7.26. The number of benzene rings is 1. The Morgan fingerprint density at radius 2 is 2.20 bits per heavy atom. The standard InChI is InChI=1S/C16H24N2O2/c1-12(2)18(11-16(19)20)10-13-6-7-15-14(9-13)5-4-8-17(15)3/h6-7,9,12H,4-5,8,10-11H2,1-3H3,(H,19,20).